The lowest BCUT2D eigenvalue weighted by Crippen LogP contribution is -2.49. The number of nitro groups is 1. The number of carbonyl (C=O) groups is 1. The molecular weight excluding hydrogens is 336 g/mol. The summed E-state index contributed by atoms with van der Waals surface area (Å²) in [6.07, 6.45) is 1.78. The molecule has 1 saturated heterocycles. The first-order valence-electron chi connectivity index (χ1n) is 8.54. The predicted molar refractivity (Wildman–Crippen MR) is 94.4 cm³/mol. The van der Waals surface area contributed by atoms with Gasteiger partial charge in [0, 0.05) is 38.9 Å². The number of hydrogen-bond donors (Lipinski definition) is 0. The molecule has 1 aliphatic heterocycles. The highest BCUT2D eigenvalue weighted by molar-refractivity contribution is 5.76. The molecule has 0 saturated carbocycles. The van der Waals surface area contributed by atoms with E-state index < -0.39 is 4.92 Å². The van der Waals surface area contributed by atoms with Crippen LogP contribution in [0.5, 0.6) is 0 Å². The van der Waals surface area contributed by atoms with Crippen molar-refractivity contribution >= 4 is 11.6 Å². The second-order valence-corrected chi connectivity index (χ2v) is 6.41. The van der Waals surface area contributed by atoms with Gasteiger partial charge in [-0.1, -0.05) is 6.07 Å². The summed E-state index contributed by atoms with van der Waals surface area (Å²) in [5.41, 5.74) is 1.75. The first-order valence-corrected chi connectivity index (χ1v) is 8.54. The van der Waals surface area contributed by atoms with E-state index in [1.165, 1.54) is 4.68 Å². The van der Waals surface area contributed by atoms with E-state index in [1.807, 2.05) is 18.2 Å². The molecule has 3 heterocycles. The Labute approximate surface area is 151 Å². The maximum atomic E-state index is 12.5. The summed E-state index contributed by atoms with van der Waals surface area (Å²) in [7, 11) is 0. The lowest BCUT2D eigenvalue weighted by molar-refractivity contribution is -0.386. The third-order valence-electron chi connectivity index (χ3n) is 4.65. The quantitative estimate of drug-likeness (QED) is 0.587. The number of carbonyl (C=O) groups excluding carboxylic acids is 1. The second kappa shape index (κ2) is 7.61. The summed E-state index contributed by atoms with van der Waals surface area (Å²) < 4.78 is 1.43. The van der Waals surface area contributed by atoms with Gasteiger partial charge in [0.15, 0.2) is 0 Å². The molecule has 0 unspecified atom stereocenters. The Kier molecular flexibility index (Phi) is 5.27. The number of pyridine rings is 1. The maximum absolute atomic E-state index is 12.5. The fraction of sp³-hybridized carbons (Fsp3) is 0.471. The number of rotatable bonds is 5. The monoisotopic (exact) mass is 358 g/mol. The Bertz CT molecular complexity index is 796. The van der Waals surface area contributed by atoms with E-state index >= 15 is 0 Å². The molecule has 1 aliphatic rings. The minimum absolute atomic E-state index is 0.0158. The molecule has 0 spiro atoms. The van der Waals surface area contributed by atoms with Crippen LogP contribution in [0, 0.1) is 24.0 Å². The molecule has 9 heteroatoms. The normalized spacial score (nSPS) is 15.2. The van der Waals surface area contributed by atoms with E-state index in [4.69, 9.17) is 0 Å². The van der Waals surface area contributed by atoms with Gasteiger partial charge >= 0.3 is 5.69 Å². The van der Waals surface area contributed by atoms with Gasteiger partial charge in [-0.3, -0.25) is 29.5 Å². The lowest BCUT2D eigenvalue weighted by atomic mass is 10.2. The zero-order chi connectivity index (χ0) is 18.7. The van der Waals surface area contributed by atoms with Gasteiger partial charge in [-0.15, -0.1) is 0 Å². The third-order valence-corrected chi connectivity index (χ3v) is 4.65. The minimum atomic E-state index is -0.449. The van der Waals surface area contributed by atoms with Crippen LogP contribution in [0.4, 0.5) is 5.69 Å². The highest BCUT2D eigenvalue weighted by Gasteiger charge is 2.26. The summed E-state index contributed by atoms with van der Waals surface area (Å²) in [6.45, 7) is 6.82. The smallest absolute Gasteiger partial charge is 0.312 e. The number of aryl methyl sites for hydroxylation is 1. The van der Waals surface area contributed by atoms with E-state index in [0.717, 1.165) is 25.3 Å². The van der Waals surface area contributed by atoms with Crippen molar-refractivity contribution in [3.63, 3.8) is 0 Å². The largest absolute Gasteiger partial charge is 0.339 e. The van der Waals surface area contributed by atoms with Crippen LogP contribution in [0.25, 0.3) is 0 Å². The Morgan fingerprint density at radius 1 is 1.23 bits per heavy atom. The molecule has 0 atom stereocenters. The van der Waals surface area contributed by atoms with Crippen LogP contribution in [0.3, 0.4) is 0 Å². The van der Waals surface area contributed by atoms with Gasteiger partial charge < -0.3 is 4.90 Å². The average molecular weight is 358 g/mol. The first-order chi connectivity index (χ1) is 12.5. The van der Waals surface area contributed by atoms with Crippen molar-refractivity contribution in [3.05, 3.63) is 51.6 Å². The van der Waals surface area contributed by atoms with Crippen molar-refractivity contribution in [3.8, 4) is 0 Å². The molecule has 0 radical (unpaired) electrons. The lowest BCUT2D eigenvalue weighted by Gasteiger charge is -2.34. The van der Waals surface area contributed by atoms with Crippen LogP contribution in [-0.2, 0) is 17.9 Å². The summed E-state index contributed by atoms with van der Waals surface area (Å²) in [5, 5.41) is 15.2. The van der Waals surface area contributed by atoms with E-state index in [2.05, 4.69) is 15.0 Å². The molecule has 0 N–H and O–H groups in total. The van der Waals surface area contributed by atoms with Crippen molar-refractivity contribution < 1.29 is 9.72 Å². The van der Waals surface area contributed by atoms with Crippen molar-refractivity contribution in [2.75, 3.05) is 26.2 Å². The fourth-order valence-corrected chi connectivity index (χ4v) is 3.21. The van der Waals surface area contributed by atoms with Gasteiger partial charge in [-0.05, 0) is 26.0 Å². The molecule has 0 aromatic carbocycles. The topological polar surface area (TPSA) is 97.4 Å². The number of nitrogens with zero attached hydrogens (tertiary/aromatic N) is 6. The average Bonchev–Trinajstić information content (AvgIpc) is 2.90. The molecular formula is C17H22N6O3. The number of piperazine rings is 1. The fourth-order valence-electron chi connectivity index (χ4n) is 3.21. The Balaban J connectivity index is 1.56. The zero-order valence-corrected chi connectivity index (χ0v) is 15.0. The third kappa shape index (κ3) is 3.88. The highest BCUT2D eigenvalue weighted by Crippen LogP contribution is 2.21. The predicted octanol–water partition coefficient (Wildman–Crippen LogP) is 1.15. The number of hydrogen-bond acceptors (Lipinski definition) is 6. The summed E-state index contributed by atoms with van der Waals surface area (Å²) in [6, 6.07) is 5.85. The highest BCUT2D eigenvalue weighted by atomic mass is 16.6. The molecule has 1 fully saturated rings. The zero-order valence-electron chi connectivity index (χ0n) is 15.0. The molecule has 9 nitrogen and oxygen atoms in total. The summed E-state index contributed by atoms with van der Waals surface area (Å²) in [5.74, 6) is -0.0667. The van der Waals surface area contributed by atoms with Crippen LogP contribution in [0.1, 0.15) is 17.1 Å². The molecule has 3 rings (SSSR count). The van der Waals surface area contributed by atoms with Crippen molar-refractivity contribution in [1.29, 1.82) is 0 Å². The SMILES string of the molecule is Cc1nn(CC(=O)N2CCN(Cc3ccccn3)CC2)c(C)c1[N+](=O)[O-]. The van der Waals surface area contributed by atoms with Gasteiger partial charge in [0.1, 0.15) is 17.9 Å². The molecule has 138 valence electrons. The molecule has 1 amide bonds. The Morgan fingerprint density at radius 3 is 2.54 bits per heavy atom. The van der Waals surface area contributed by atoms with Crippen molar-refractivity contribution in [2.24, 2.45) is 0 Å². The standard InChI is InChI=1S/C17H22N6O3/c1-13-17(23(25)26)14(2)22(19-13)12-16(24)21-9-7-20(8-10-21)11-15-5-3-4-6-18-15/h3-6H,7-12H2,1-2H3. The van der Waals surface area contributed by atoms with E-state index in [0.29, 0.717) is 24.5 Å². The molecule has 0 aliphatic carbocycles. The molecule has 0 bridgehead atoms. The van der Waals surface area contributed by atoms with Gasteiger partial charge in [0.2, 0.25) is 5.91 Å². The van der Waals surface area contributed by atoms with Gasteiger partial charge in [0.25, 0.3) is 0 Å². The number of aromatic nitrogens is 3. The van der Waals surface area contributed by atoms with Gasteiger partial charge in [-0.25, -0.2) is 0 Å². The Morgan fingerprint density at radius 2 is 1.96 bits per heavy atom. The van der Waals surface area contributed by atoms with Crippen molar-refractivity contribution in [2.45, 2.75) is 26.9 Å². The molecule has 26 heavy (non-hydrogen) atoms. The van der Waals surface area contributed by atoms with E-state index in [9.17, 15) is 14.9 Å². The first kappa shape index (κ1) is 18.0. The molecule has 2 aromatic rings. The van der Waals surface area contributed by atoms with E-state index in [1.54, 1.807) is 24.9 Å². The molecule has 2 aromatic heterocycles. The van der Waals surface area contributed by atoms with Crippen LogP contribution in [0.15, 0.2) is 24.4 Å². The summed E-state index contributed by atoms with van der Waals surface area (Å²) in [4.78, 5) is 31.5. The minimum Gasteiger partial charge on any atom is -0.339 e. The van der Waals surface area contributed by atoms with Crippen LogP contribution >= 0.6 is 0 Å². The van der Waals surface area contributed by atoms with Crippen LogP contribution in [-0.4, -0.2) is 61.6 Å². The second-order valence-electron chi connectivity index (χ2n) is 6.41. The Hall–Kier alpha value is -2.81. The van der Waals surface area contributed by atoms with Crippen molar-refractivity contribution in [1.82, 2.24) is 24.6 Å². The van der Waals surface area contributed by atoms with Crippen LogP contribution < -0.4 is 0 Å². The van der Waals surface area contributed by atoms with Crippen LogP contribution in [0.2, 0.25) is 0 Å². The number of amides is 1. The van der Waals surface area contributed by atoms with Gasteiger partial charge in [-0.2, -0.15) is 5.10 Å². The van der Waals surface area contributed by atoms with Gasteiger partial charge in [0.05, 0.1) is 10.6 Å². The van der Waals surface area contributed by atoms with E-state index in [-0.39, 0.29) is 18.1 Å². The summed E-state index contributed by atoms with van der Waals surface area (Å²) >= 11 is 0. The maximum Gasteiger partial charge on any atom is 0.312 e.